The van der Waals surface area contributed by atoms with Crippen LogP contribution in [0.2, 0.25) is 0 Å². The van der Waals surface area contributed by atoms with E-state index in [4.69, 9.17) is 14.2 Å². The first-order valence-electron chi connectivity index (χ1n) is 10.7. The molecule has 0 saturated carbocycles. The first-order chi connectivity index (χ1) is 15.8. The van der Waals surface area contributed by atoms with Crippen LogP contribution < -0.4 is 9.47 Å². The third kappa shape index (κ3) is 5.39. The van der Waals surface area contributed by atoms with Crippen LogP contribution in [0.15, 0.2) is 52.5 Å². The average molecular weight is 518 g/mol. The standard InChI is InChI=1S/C25H28BrNO6/c1-15(2)33-13-5-12-27-22(19-11-10-18(31-3)14-20(19)32-4)21(24(29)25(27)30)23(28)16-6-8-17(26)9-7-16/h6-11,14-15,22,28H,5,12-13H2,1-4H3/t22-/m1/s1. The SMILES string of the molecule is COc1ccc([C@@H]2C(=C(O)c3ccc(Br)cc3)C(=O)C(=O)N2CCCOC(C)C)c(OC)c1. The number of hydrogen-bond acceptors (Lipinski definition) is 6. The Bertz CT molecular complexity index is 1050. The van der Waals surface area contributed by atoms with Gasteiger partial charge in [0.15, 0.2) is 0 Å². The van der Waals surface area contributed by atoms with Gasteiger partial charge in [0, 0.05) is 34.8 Å². The molecule has 2 aromatic carbocycles. The van der Waals surface area contributed by atoms with Crippen molar-refractivity contribution in [3.05, 3.63) is 63.6 Å². The van der Waals surface area contributed by atoms with Crippen molar-refractivity contribution >= 4 is 33.4 Å². The summed E-state index contributed by atoms with van der Waals surface area (Å²) < 4.78 is 17.3. The topological polar surface area (TPSA) is 85.3 Å². The van der Waals surface area contributed by atoms with E-state index >= 15 is 0 Å². The van der Waals surface area contributed by atoms with Gasteiger partial charge in [-0.2, -0.15) is 0 Å². The minimum atomic E-state index is -0.812. The Morgan fingerprint density at radius 3 is 2.39 bits per heavy atom. The zero-order chi connectivity index (χ0) is 24.1. The molecule has 1 atom stereocenters. The van der Waals surface area contributed by atoms with Crippen LogP contribution in [0.3, 0.4) is 0 Å². The highest BCUT2D eigenvalue weighted by Crippen LogP contribution is 2.43. The molecule has 0 unspecified atom stereocenters. The number of ketones is 1. The van der Waals surface area contributed by atoms with Gasteiger partial charge in [0.2, 0.25) is 0 Å². The second-order valence-corrected chi connectivity index (χ2v) is 8.80. The molecule has 1 heterocycles. The fourth-order valence-corrected chi connectivity index (χ4v) is 4.06. The predicted molar refractivity (Wildman–Crippen MR) is 128 cm³/mol. The molecule has 1 aliphatic heterocycles. The first-order valence-corrected chi connectivity index (χ1v) is 11.5. The molecule has 0 bridgehead atoms. The molecule has 8 heteroatoms. The number of hydrogen-bond donors (Lipinski definition) is 1. The van der Waals surface area contributed by atoms with E-state index in [1.54, 1.807) is 49.6 Å². The number of carbonyl (C=O) groups is 2. The highest BCUT2D eigenvalue weighted by atomic mass is 79.9. The molecule has 0 aromatic heterocycles. The molecule has 0 radical (unpaired) electrons. The zero-order valence-corrected chi connectivity index (χ0v) is 20.7. The molecular formula is C25H28BrNO6. The van der Waals surface area contributed by atoms with Crippen LogP contribution in [0.5, 0.6) is 11.5 Å². The number of amides is 1. The number of likely N-dealkylation sites (tertiary alicyclic amines) is 1. The monoisotopic (exact) mass is 517 g/mol. The number of benzene rings is 2. The van der Waals surface area contributed by atoms with Crippen LogP contribution in [-0.4, -0.2) is 55.2 Å². The van der Waals surface area contributed by atoms with Crippen molar-refractivity contribution in [2.24, 2.45) is 0 Å². The van der Waals surface area contributed by atoms with Gasteiger partial charge in [-0.3, -0.25) is 9.59 Å². The lowest BCUT2D eigenvalue weighted by Crippen LogP contribution is -2.31. The Kier molecular flexibility index (Phi) is 8.15. The van der Waals surface area contributed by atoms with E-state index in [0.717, 1.165) is 4.47 Å². The van der Waals surface area contributed by atoms with Gasteiger partial charge >= 0.3 is 0 Å². The number of methoxy groups -OCH3 is 2. The minimum absolute atomic E-state index is 0.0237. The Labute approximate surface area is 202 Å². The summed E-state index contributed by atoms with van der Waals surface area (Å²) in [7, 11) is 3.05. The van der Waals surface area contributed by atoms with Gasteiger partial charge in [0.05, 0.1) is 31.9 Å². The maximum Gasteiger partial charge on any atom is 0.295 e. The number of ether oxygens (including phenoxy) is 3. The first kappa shape index (κ1) is 24.8. The van der Waals surface area contributed by atoms with Crippen molar-refractivity contribution < 1.29 is 28.9 Å². The van der Waals surface area contributed by atoms with Gasteiger partial charge in [-0.05, 0) is 44.5 Å². The fraction of sp³-hybridized carbons (Fsp3) is 0.360. The Balaban J connectivity index is 2.11. The van der Waals surface area contributed by atoms with Crippen LogP contribution in [-0.2, 0) is 14.3 Å². The van der Waals surface area contributed by atoms with Crippen LogP contribution in [0.1, 0.15) is 37.4 Å². The molecule has 0 aliphatic carbocycles. The molecule has 1 amide bonds. The van der Waals surface area contributed by atoms with Crippen molar-refractivity contribution in [2.45, 2.75) is 32.4 Å². The second-order valence-electron chi connectivity index (χ2n) is 7.88. The molecule has 1 saturated heterocycles. The van der Waals surface area contributed by atoms with E-state index in [0.29, 0.717) is 35.7 Å². The highest BCUT2D eigenvalue weighted by Gasteiger charge is 2.46. The molecule has 2 aromatic rings. The normalized spacial score (nSPS) is 17.6. The third-order valence-corrected chi connectivity index (χ3v) is 5.92. The van der Waals surface area contributed by atoms with Gasteiger partial charge in [0.25, 0.3) is 11.7 Å². The summed E-state index contributed by atoms with van der Waals surface area (Å²) in [5.41, 5.74) is 1.05. The maximum atomic E-state index is 13.1. The average Bonchev–Trinajstić information content (AvgIpc) is 3.06. The number of halogens is 1. The number of rotatable bonds is 9. The van der Waals surface area contributed by atoms with E-state index in [1.807, 2.05) is 13.8 Å². The summed E-state index contributed by atoms with van der Waals surface area (Å²) in [6.45, 7) is 4.60. The molecule has 3 rings (SSSR count). The zero-order valence-electron chi connectivity index (χ0n) is 19.1. The summed E-state index contributed by atoms with van der Waals surface area (Å²) in [4.78, 5) is 27.7. The van der Waals surface area contributed by atoms with Gasteiger partial charge in [-0.1, -0.05) is 28.1 Å². The summed E-state index contributed by atoms with van der Waals surface area (Å²) in [5.74, 6) is -0.606. The Morgan fingerprint density at radius 2 is 1.79 bits per heavy atom. The van der Waals surface area contributed by atoms with Crippen molar-refractivity contribution in [3.8, 4) is 11.5 Å². The maximum absolute atomic E-state index is 13.1. The van der Waals surface area contributed by atoms with Crippen molar-refractivity contribution in [1.82, 2.24) is 4.90 Å². The molecule has 1 N–H and O–H groups in total. The lowest BCUT2D eigenvalue weighted by Gasteiger charge is -2.27. The van der Waals surface area contributed by atoms with Crippen molar-refractivity contribution in [1.29, 1.82) is 0 Å². The van der Waals surface area contributed by atoms with E-state index < -0.39 is 17.7 Å². The summed E-state index contributed by atoms with van der Waals surface area (Å²) in [6, 6.07) is 11.3. The van der Waals surface area contributed by atoms with Crippen molar-refractivity contribution in [3.63, 3.8) is 0 Å². The minimum Gasteiger partial charge on any atom is -0.507 e. The van der Waals surface area contributed by atoms with Crippen LogP contribution >= 0.6 is 15.9 Å². The van der Waals surface area contributed by atoms with Crippen LogP contribution in [0, 0.1) is 0 Å². The second kappa shape index (κ2) is 10.9. The molecule has 7 nitrogen and oxygen atoms in total. The highest BCUT2D eigenvalue weighted by molar-refractivity contribution is 9.10. The third-order valence-electron chi connectivity index (χ3n) is 5.39. The summed E-state index contributed by atoms with van der Waals surface area (Å²) in [6.07, 6.45) is 0.605. The Morgan fingerprint density at radius 1 is 1.09 bits per heavy atom. The van der Waals surface area contributed by atoms with Crippen LogP contribution in [0.4, 0.5) is 0 Å². The smallest absolute Gasteiger partial charge is 0.295 e. The van der Waals surface area contributed by atoms with Gasteiger partial charge in [-0.15, -0.1) is 0 Å². The largest absolute Gasteiger partial charge is 0.507 e. The molecule has 0 spiro atoms. The number of nitrogens with zero attached hydrogens (tertiary/aromatic N) is 1. The van der Waals surface area contributed by atoms with Gasteiger partial charge in [0.1, 0.15) is 17.3 Å². The molecule has 1 fully saturated rings. The van der Waals surface area contributed by atoms with E-state index in [1.165, 1.54) is 12.0 Å². The molecule has 33 heavy (non-hydrogen) atoms. The van der Waals surface area contributed by atoms with Gasteiger partial charge in [-0.25, -0.2) is 0 Å². The number of aliphatic hydroxyl groups excluding tert-OH is 1. The molecular weight excluding hydrogens is 490 g/mol. The van der Waals surface area contributed by atoms with Crippen LogP contribution in [0.25, 0.3) is 5.76 Å². The molecule has 1 aliphatic rings. The quantitative estimate of drug-likeness (QED) is 0.224. The van der Waals surface area contributed by atoms with Gasteiger partial charge < -0.3 is 24.2 Å². The number of Topliss-reactive ketones (excluding diaryl/α,β-unsaturated/α-hetero) is 1. The van der Waals surface area contributed by atoms with E-state index in [2.05, 4.69) is 15.9 Å². The lowest BCUT2D eigenvalue weighted by atomic mass is 9.94. The van der Waals surface area contributed by atoms with E-state index in [9.17, 15) is 14.7 Å². The number of aliphatic hydroxyl groups is 1. The van der Waals surface area contributed by atoms with Crippen molar-refractivity contribution in [2.75, 3.05) is 27.4 Å². The summed E-state index contributed by atoms with van der Waals surface area (Å²) >= 11 is 3.37. The Hall–Kier alpha value is -2.84. The van der Waals surface area contributed by atoms with E-state index in [-0.39, 0.29) is 24.0 Å². The number of carbonyl (C=O) groups excluding carboxylic acids is 2. The lowest BCUT2D eigenvalue weighted by molar-refractivity contribution is -0.140. The predicted octanol–water partition coefficient (Wildman–Crippen LogP) is 4.70. The summed E-state index contributed by atoms with van der Waals surface area (Å²) in [5, 5.41) is 11.1. The fourth-order valence-electron chi connectivity index (χ4n) is 3.80. The molecule has 176 valence electrons.